The van der Waals surface area contributed by atoms with Gasteiger partial charge < -0.3 is 20.3 Å². The van der Waals surface area contributed by atoms with Crippen LogP contribution in [0.15, 0.2) is 57.8 Å². The predicted molar refractivity (Wildman–Crippen MR) is 163 cm³/mol. The van der Waals surface area contributed by atoms with Gasteiger partial charge in [0.15, 0.2) is 11.6 Å². The molecule has 1 aromatic heterocycles. The first-order chi connectivity index (χ1) is 20.8. The number of Topliss-reactive ketones (excluding diaryl/α,β-unsaturated/α-hetero) is 1. The SMILES string of the molecule is CC(C)C[C@H](NC(=O)[C@H](CC(C)C)NC(=O)OCc1ccc(CN(C)C)cc1)C(=O)Cn1c(-c2ccc(F)cc2)noc1=O. The number of hydrogen-bond donors (Lipinski definition) is 2. The van der Waals surface area contributed by atoms with Crippen molar-refractivity contribution in [2.24, 2.45) is 11.8 Å². The van der Waals surface area contributed by atoms with Crippen LogP contribution in [0.1, 0.15) is 51.7 Å². The molecule has 0 radical (unpaired) electrons. The lowest BCUT2D eigenvalue weighted by atomic mass is 9.98. The highest BCUT2D eigenvalue weighted by atomic mass is 19.1. The molecule has 0 spiro atoms. The van der Waals surface area contributed by atoms with E-state index >= 15 is 0 Å². The number of ether oxygens (including phenoxy) is 1. The van der Waals surface area contributed by atoms with E-state index in [9.17, 15) is 23.6 Å². The third kappa shape index (κ3) is 10.4. The molecule has 11 nitrogen and oxygen atoms in total. The molecule has 12 heteroatoms. The van der Waals surface area contributed by atoms with E-state index in [4.69, 9.17) is 9.26 Å². The van der Waals surface area contributed by atoms with Crippen molar-refractivity contribution >= 4 is 17.8 Å². The van der Waals surface area contributed by atoms with Gasteiger partial charge in [0.05, 0.1) is 12.6 Å². The molecule has 44 heavy (non-hydrogen) atoms. The van der Waals surface area contributed by atoms with Crippen LogP contribution in [0.25, 0.3) is 11.4 Å². The zero-order valence-electron chi connectivity index (χ0n) is 26.1. The highest BCUT2D eigenvalue weighted by molar-refractivity contribution is 5.92. The van der Waals surface area contributed by atoms with Gasteiger partial charge in [0.1, 0.15) is 18.5 Å². The fourth-order valence-corrected chi connectivity index (χ4v) is 4.64. The van der Waals surface area contributed by atoms with E-state index in [0.29, 0.717) is 18.4 Å². The number of alkyl carbamates (subject to hydrolysis) is 1. The van der Waals surface area contributed by atoms with Crippen LogP contribution in [0.3, 0.4) is 0 Å². The summed E-state index contributed by atoms with van der Waals surface area (Å²) in [5.74, 6) is -2.20. The molecule has 0 saturated heterocycles. The molecule has 0 unspecified atom stereocenters. The summed E-state index contributed by atoms with van der Waals surface area (Å²) in [6.07, 6.45) is -0.156. The standard InChI is InChI=1S/C32H42FN5O6/c1-20(2)15-26(28(39)18-38-29(36-44-32(38)42)24-11-13-25(33)14-12-24)34-30(40)27(16-21(3)4)35-31(41)43-19-23-9-7-22(8-10-23)17-37(5)6/h7-14,20-21,26-27H,15-19H2,1-6H3,(H,34,40)(H,35,41)/t26-,27-/m0/s1. The largest absolute Gasteiger partial charge is 0.445 e. The molecule has 0 saturated carbocycles. The van der Waals surface area contributed by atoms with E-state index in [1.54, 1.807) is 0 Å². The van der Waals surface area contributed by atoms with Crippen LogP contribution >= 0.6 is 0 Å². The average Bonchev–Trinajstić information content (AvgIpc) is 3.31. The molecule has 3 aromatic rings. The third-order valence-corrected chi connectivity index (χ3v) is 6.72. The van der Waals surface area contributed by atoms with Crippen LogP contribution in [0.4, 0.5) is 9.18 Å². The molecule has 1 heterocycles. The van der Waals surface area contributed by atoms with Crippen molar-refractivity contribution in [2.75, 3.05) is 14.1 Å². The molecule has 2 aromatic carbocycles. The van der Waals surface area contributed by atoms with Gasteiger partial charge in [0.25, 0.3) is 0 Å². The van der Waals surface area contributed by atoms with E-state index in [1.165, 1.54) is 24.3 Å². The molecule has 0 aliphatic carbocycles. The lowest BCUT2D eigenvalue weighted by molar-refractivity contribution is -0.129. The Hall–Kier alpha value is -4.32. The first kappa shape index (κ1) is 34.2. The lowest BCUT2D eigenvalue weighted by Crippen LogP contribution is -2.53. The number of ketones is 1. The van der Waals surface area contributed by atoms with Gasteiger partial charge in [-0.05, 0) is 74.2 Å². The second kappa shape index (κ2) is 15.9. The minimum atomic E-state index is -0.960. The number of halogens is 1. The van der Waals surface area contributed by atoms with Gasteiger partial charge in [-0.1, -0.05) is 57.1 Å². The summed E-state index contributed by atoms with van der Waals surface area (Å²) in [5, 5.41) is 9.16. The van der Waals surface area contributed by atoms with Crippen molar-refractivity contribution in [1.29, 1.82) is 0 Å². The summed E-state index contributed by atoms with van der Waals surface area (Å²) in [4.78, 5) is 54.1. The Morgan fingerprint density at radius 3 is 2.09 bits per heavy atom. The topological polar surface area (TPSA) is 136 Å². The van der Waals surface area contributed by atoms with E-state index in [1.807, 2.05) is 66.1 Å². The summed E-state index contributed by atoms with van der Waals surface area (Å²) in [5.41, 5.74) is 2.32. The molecule has 3 rings (SSSR count). The highest BCUT2D eigenvalue weighted by Crippen LogP contribution is 2.17. The summed E-state index contributed by atoms with van der Waals surface area (Å²) in [7, 11) is 3.96. The molecule has 2 amide bonds. The van der Waals surface area contributed by atoms with Crippen LogP contribution in [0.5, 0.6) is 0 Å². The van der Waals surface area contributed by atoms with Gasteiger partial charge >= 0.3 is 11.8 Å². The summed E-state index contributed by atoms with van der Waals surface area (Å²) in [6.45, 7) is 8.02. The summed E-state index contributed by atoms with van der Waals surface area (Å²) < 4.78 is 24.6. The van der Waals surface area contributed by atoms with Crippen molar-refractivity contribution in [3.8, 4) is 11.4 Å². The number of hydrogen-bond acceptors (Lipinski definition) is 8. The van der Waals surface area contributed by atoms with Crippen LogP contribution in [0.2, 0.25) is 0 Å². The molecule has 2 N–H and O–H groups in total. The maximum atomic E-state index is 13.5. The fourth-order valence-electron chi connectivity index (χ4n) is 4.64. The smallest absolute Gasteiger partial charge is 0.442 e. The molecule has 0 fully saturated rings. The number of rotatable bonds is 15. The quantitative estimate of drug-likeness (QED) is 0.262. The molecule has 0 aliphatic rings. The number of nitrogens with one attached hydrogen (secondary N) is 2. The predicted octanol–water partition coefficient (Wildman–Crippen LogP) is 4.15. The Bertz CT molecular complexity index is 1450. The molecule has 0 aliphatic heterocycles. The normalized spacial score (nSPS) is 12.8. The maximum Gasteiger partial charge on any atom is 0.442 e. The second-order valence-electron chi connectivity index (χ2n) is 12.0. The lowest BCUT2D eigenvalue weighted by Gasteiger charge is -2.25. The van der Waals surface area contributed by atoms with E-state index in [0.717, 1.165) is 22.2 Å². The van der Waals surface area contributed by atoms with Gasteiger partial charge in [0.2, 0.25) is 5.91 Å². The minimum absolute atomic E-state index is 0.0191. The number of aromatic nitrogens is 2. The Labute approximate surface area is 256 Å². The monoisotopic (exact) mass is 611 g/mol. The Morgan fingerprint density at radius 2 is 1.50 bits per heavy atom. The first-order valence-electron chi connectivity index (χ1n) is 14.6. The summed E-state index contributed by atoms with van der Waals surface area (Å²) >= 11 is 0. The number of benzene rings is 2. The minimum Gasteiger partial charge on any atom is -0.445 e. The zero-order valence-corrected chi connectivity index (χ0v) is 26.1. The molecule has 2 atom stereocenters. The number of amides is 2. The van der Waals surface area contributed by atoms with Gasteiger partial charge in [-0.2, -0.15) is 0 Å². The molecule has 0 bridgehead atoms. The average molecular weight is 612 g/mol. The van der Waals surface area contributed by atoms with Gasteiger partial charge in [-0.25, -0.2) is 18.5 Å². The Morgan fingerprint density at radius 1 is 0.909 bits per heavy atom. The van der Waals surface area contributed by atoms with Crippen LogP contribution in [0, 0.1) is 17.7 Å². The Balaban J connectivity index is 1.68. The van der Waals surface area contributed by atoms with Gasteiger partial charge in [0, 0.05) is 12.1 Å². The number of carbonyl (C=O) groups is 3. The first-order valence-corrected chi connectivity index (χ1v) is 14.6. The van der Waals surface area contributed by atoms with E-state index in [2.05, 4.69) is 20.7 Å². The Kier molecular flexibility index (Phi) is 12.4. The maximum absolute atomic E-state index is 13.5. The third-order valence-electron chi connectivity index (χ3n) is 6.72. The summed E-state index contributed by atoms with van der Waals surface area (Å²) in [6, 6.07) is 11.0. The van der Waals surface area contributed by atoms with Gasteiger partial charge in [-0.15, -0.1) is 0 Å². The fraction of sp³-hybridized carbons (Fsp3) is 0.469. The van der Waals surface area contributed by atoms with Crippen molar-refractivity contribution < 1.29 is 28.0 Å². The highest BCUT2D eigenvalue weighted by Gasteiger charge is 2.29. The molecular formula is C32H42FN5O6. The van der Waals surface area contributed by atoms with E-state index < -0.39 is 48.0 Å². The van der Waals surface area contributed by atoms with Crippen molar-refractivity contribution in [3.63, 3.8) is 0 Å². The van der Waals surface area contributed by atoms with Gasteiger partial charge in [-0.3, -0.25) is 14.1 Å². The zero-order chi connectivity index (χ0) is 32.4. The number of nitrogens with zero attached hydrogens (tertiary/aromatic N) is 3. The van der Waals surface area contributed by atoms with Crippen LogP contribution in [-0.2, 0) is 34.0 Å². The van der Waals surface area contributed by atoms with Crippen molar-refractivity contribution in [2.45, 2.75) is 72.3 Å². The van der Waals surface area contributed by atoms with E-state index in [-0.39, 0.29) is 24.3 Å². The second-order valence-corrected chi connectivity index (χ2v) is 12.0. The van der Waals surface area contributed by atoms with Crippen molar-refractivity contribution in [3.05, 3.63) is 76.0 Å². The van der Waals surface area contributed by atoms with Crippen LogP contribution < -0.4 is 16.4 Å². The van der Waals surface area contributed by atoms with Crippen LogP contribution in [-0.4, -0.2) is 58.6 Å². The van der Waals surface area contributed by atoms with Crippen molar-refractivity contribution in [1.82, 2.24) is 25.3 Å². The molecular weight excluding hydrogens is 569 g/mol. The molecule has 238 valence electrons. The number of carbonyl (C=O) groups excluding carboxylic acids is 3.